The molecule has 2 aromatic heterocycles. The predicted octanol–water partition coefficient (Wildman–Crippen LogP) is 4.06. The van der Waals surface area contributed by atoms with Crippen LogP contribution >= 0.6 is 11.3 Å². The van der Waals surface area contributed by atoms with Crippen LogP contribution in [-0.4, -0.2) is 52.6 Å². The van der Waals surface area contributed by atoms with E-state index in [0.29, 0.717) is 37.0 Å². The molecule has 1 saturated heterocycles. The number of hydrogen-bond acceptors (Lipinski definition) is 5. The normalized spacial score (nSPS) is 15.1. The van der Waals surface area contributed by atoms with Crippen molar-refractivity contribution in [1.82, 2.24) is 20.2 Å². The van der Waals surface area contributed by atoms with E-state index in [1.165, 1.54) is 23.5 Å². The molecule has 1 aliphatic rings. The molecule has 0 radical (unpaired) electrons. The van der Waals surface area contributed by atoms with Crippen molar-refractivity contribution in [3.63, 3.8) is 0 Å². The van der Waals surface area contributed by atoms with Crippen molar-refractivity contribution >= 4 is 54.3 Å². The Morgan fingerprint density at radius 3 is 2.59 bits per heavy atom. The molecule has 0 aliphatic carbocycles. The van der Waals surface area contributed by atoms with Crippen LogP contribution in [0.1, 0.15) is 20.8 Å². The fourth-order valence-electron chi connectivity index (χ4n) is 4.17. The van der Waals surface area contributed by atoms with Gasteiger partial charge in [-0.1, -0.05) is 11.3 Å². The number of fused-ring (bicyclic) bond motifs is 6. The Bertz CT molecular complexity index is 1410. The lowest BCUT2D eigenvalue weighted by molar-refractivity contribution is 0.185. The first-order chi connectivity index (χ1) is 15.2. The molecular formula is C23H24FN5O2S. The highest BCUT2D eigenvalue weighted by Gasteiger charge is 2.26. The van der Waals surface area contributed by atoms with Gasteiger partial charge >= 0.3 is 6.03 Å². The molecule has 0 saturated carbocycles. The summed E-state index contributed by atoms with van der Waals surface area (Å²) < 4.78 is 14.9. The molecule has 0 spiro atoms. The van der Waals surface area contributed by atoms with E-state index in [4.69, 9.17) is 4.98 Å². The number of hydrogen-bond donors (Lipinski definition) is 2. The lowest BCUT2D eigenvalue weighted by atomic mass is 10.0. The summed E-state index contributed by atoms with van der Waals surface area (Å²) in [5, 5.41) is 6.43. The molecule has 3 heterocycles. The molecule has 7 nitrogen and oxygen atoms in total. The molecule has 2 N–H and O–H groups in total. The number of thiazole rings is 1. The number of piperazine rings is 1. The lowest BCUT2D eigenvalue weighted by Crippen LogP contribution is -2.55. The minimum Gasteiger partial charge on any atom is -0.345 e. The number of amides is 2. The fourth-order valence-corrected chi connectivity index (χ4v) is 5.34. The second-order valence-corrected chi connectivity index (χ2v) is 10.1. The summed E-state index contributed by atoms with van der Waals surface area (Å²) in [7, 11) is 0. The van der Waals surface area contributed by atoms with Gasteiger partial charge < -0.3 is 20.1 Å². The Morgan fingerprint density at radius 2 is 1.88 bits per heavy atom. The second-order valence-electron chi connectivity index (χ2n) is 9.11. The number of aromatic amines is 1. The van der Waals surface area contributed by atoms with Gasteiger partial charge in [-0.05, 0) is 45.0 Å². The van der Waals surface area contributed by atoms with E-state index >= 15 is 0 Å². The standard InChI is InChI=1S/C23H24FN5O2S/c1-23(2,3)27-21(31)28-8-10-29(11-9-28)22-26-18-14-5-4-13(24)12-16(14)17-15(19(18)32-22)6-7-25-20(17)30/h4-7,12H,8-11H2,1-3H3,(H,25,30)(H,27,31). The molecule has 0 bridgehead atoms. The van der Waals surface area contributed by atoms with Crippen molar-refractivity contribution in [3.8, 4) is 0 Å². The molecule has 0 atom stereocenters. The molecule has 0 unspecified atom stereocenters. The summed E-state index contributed by atoms with van der Waals surface area (Å²) >= 11 is 1.53. The highest BCUT2D eigenvalue weighted by Crippen LogP contribution is 2.39. The number of aromatic nitrogens is 2. The fraction of sp³-hybridized carbons (Fsp3) is 0.348. The molecule has 4 aromatic rings. The van der Waals surface area contributed by atoms with E-state index in [-0.39, 0.29) is 22.9 Å². The molecule has 166 valence electrons. The van der Waals surface area contributed by atoms with Gasteiger partial charge in [0.15, 0.2) is 5.13 Å². The summed E-state index contributed by atoms with van der Waals surface area (Å²) in [6.45, 7) is 8.44. The van der Waals surface area contributed by atoms with Crippen molar-refractivity contribution in [2.24, 2.45) is 0 Å². The van der Waals surface area contributed by atoms with Crippen molar-refractivity contribution in [2.75, 3.05) is 31.1 Å². The number of anilines is 1. The zero-order valence-electron chi connectivity index (χ0n) is 18.2. The SMILES string of the molecule is CC(C)(C)NC(=O)N1CCN(c2nc3c4ccc(F)cc4c4c(=O)[nH]ccc4c3s2)CC1. The van der Waals surface area contributed by atoms with E-state index in [1.807, 2.05) is 31.7 Å². The summed E-state index contributed by atoms with van der Waals surface area (Å²) in [5.41, 5.74) is 0.250. The zero-order valence-corrected chi connectivity index (χ0v) is 19.0. The molecule has 32 heavy (non-hydrogen) atoms. The molecule has 1 fully saturated rings. The van der Waals surface area contributed by atoms with Gasteiger partial charge in [0.2, 0.25) is 0 Å². The first-order valence-electron chi connectivity index (χ1n) is 10.6. The summed E-state index contributed by atoms with van der Waals surface area (Å²) in [5.74, 6) is -0.387. The summed E-state index contributed by atoms with van der Waals surface area (Å²) in [4.78, 5) is 36.7. The van der Waals surface area contributed by atoms with Crippen LogP contribution in [0.3, 0.4) is 0 Å². The number of rotatable bonds is 1. The zero-order chi connectivity index (χ0) is 22.6. The van der Waals surface area contributed by atoms with Gasteiger partial charge in [-0.2, -0.15) is 0 Å². The van der Waals surface area contributed by atoms with E-state index in [0.717, 1.165) is 26.1 Å². The van der Waals surface area contributed by atoms with Crippen LogP contribution in [0.5, 0.6) is 0 Å². The Balaban J connectivity index is 1.53. The van der Waals surface area contributed by atoms with Crippen molar-refractivity contribution in [2.45, 2.75) is 26.3 Å². The maximum absolute atomic E-state index is 14.0. The monoisotopic (exact) mass is 453 g/mol. The van der Waals surface area contributed by atoms with Gasteiger partial charge in [0.05, 0.1) is 15.6 Å². The first kappa shape index (κ1) is 20.7. The van der Waals surface area contributed by atoms with Crippen molar-refractivity contribution in [1.29, 1.82) is 0 Å². The number of urea groups is 1. The van der Waals surface area contributed by atoms with Crippen LogP contribution in [0.25, 0.3) is 31.8 Å². The number of halogens is 1. The van der Waals surface area contributed by atoms with Gasteiger partial charge in [0.1, 0.15) is 5.82 Å². The topological polar surface area (TPSA) is 81.3 Å². The number of pyridine rings is 1. The maximum atomic E-state index is 14.0. The number of carbonyl (C=O) groups is 1. The second kappa shape index (κ2) is 7.44. The van der Waals surface area contributed by atoms with Crippen molar-refractivity contribution in [3.05, 3.63) is 46.6 Å². The van der Waals surface area contributed by atoms with Gasteiger partial charge in [-0.15, -0.1) is 0 Å². The largest absolute Gasteiger partial charge is 0.345 e. The van der Waals surface area contributed by atoms with Gasteiger partial charge in [0.25, 0.3) is 5.56 Å². The highest BCUT2D eigenvalue weighted by molar-refractivity contribution is 7.23. The number of nitrogens with zero attached hydrogens (tertiary/aromatic N) is 3. The van der Waals surface area contributed by atoms with Crippen LogP contribution in [0, 0.1) is 5.82 Å². The van der Waals surface area contributed by atoms with E-state index < -0.39 is 0 Å². The number of benzene rings is 2. The highest BCUT2D eigenvalue weighted by atomic mass is 32.1. The van der Waals surface area contributed by atoms with Crippen LogP contribution in [0.4, 0.5) is 14.3 Å². The van der Waals surface area contributed by atoms with Gasteiger partial charge in [-0.3, -0.25) is 4.79 Å². The average molecular weight is 454 g/mol. The molecule has 2 aromatic carbocycles. The quantitative estimate of drug-likeness (QED) is 0.426. The smallest absolute Gasteiger partial charge is 0.317 e. The number of nitrogens with one attached hydrogen (secondary N) is 2. The van der Waals surface area contributed by atoms with Gasteiger partial charge in [0, 0.05) is 54.1 Å². The van der Waals surface area contributed by atoms with E-state index in [1.54, 1.807) is 12.3 Å². The van der Waals surface area contributed by atoms with E-state index in [9.17, 15) is 14.0 Å². The Kier molecular flexibility index (Phi) is 4.81. The Hall–Kier alpha value is -3.20. The van der Waals surface area contributed by atoms with Crippen LogP contribution in [0.2, 0.25) is 0 Å². The Labute approximate surface area is 187 Å². The predicted molar refractivity (Wildman–Crippen MR) is 127 cm³/mol. The number of carbonyl (C=O) groups excluding carboxylic acids is 1. The first-order valence-corrected chi connectivity index (χ1v) is 11.4. The molecule has 1 aliphatic heterocycles. The third-order valence-corrected chi connectivity index (χ3v) is 6.80. The van der Waals surface area contributed by atoms with Crippen LogP contribution < -0.4 is 15.8 Å². The number of H-pyrrole nitrogens is 1. The van der Waals surface area contributed by atoms with Gasteiger partial charge in [-0.25, -0.2) is 14.2 Å². The van der Waals surface area contributed by atoms with E-state index in [2.05, 4.69) is 15.2 Å². The average Bonchev–Trinajstić information content (AvgIpc) is 3.18. The summed E-state index contributed by atoms with van der Waals surface area (Å²) in [6.07, 6.45) is 1.61. The minimum absolute atomic E-state index is 0.0558. The third-order valence-electron chi connectivity index (χ3n) is 5.65. The van der Waals surface area contributed by atoms with Crippen LogP contribution in [0.15, 0.2) is 35.3 Å². The maximum Gasteiger partial charge on any atom is 0.317 e. The molecule has 9 heteroatoms. The summed E-state index contributed by atoms with van der Waals surface area (Å²) in [6, 6.07) is 6.28. The van der Waals surface area contributed by atoms with Crippen LogP contribution in [-0.2, 0) is 0 Å². The lowest BCUT2D eigenvalue weighted by Gasteiger charge is -2.36. The Morgan fingerprint density at radius 1 is 1.12 bits per heavy atom. The molecule has 5 rings (SSSR count). The minimum atomic E-state index is -0.387. The molecular weight excluding hydrogens is 429 g/mol. The molecule has 2 amide bonds. The van der Waals surface area contributed by atoms with Crippen molar-refractivity contribution < 1.29 is 9.18 Å². The third kappa shape index (κ3) is 3.56.